The van der Waals surface area contributed by atoms with Gasteiger partial charge in [-0.15, -0.1) is 0 Å². The summed E-state index contributed by atoms with van der Waals surface area (Å²) in [5.74, 6) is 0.788. The van der Waals surface area contributed by atoms with E-state index in [9.17, 15) is 10.1 Å². The van der Waals surface area contributed by atoms with Gasteiger partial charge in [-0.3, -0.25) is 5.06 Å². The van der Waals surface area contributed by atoms with E-state index in [1.165, 1.54) is 5.56 Å². The Balaban J connectivity index is 1.94. The number of nitroso groups, excluding NO2 is 1. The molecule has 1 fully saturated rings. The van der Waals surface area contributed by atoms with Crippen LogP contribution in [0.15, 0.2) is 48.3 Å². The summed E-state index contributed by atoms with van der Waals surface area (Å²) in [7, 11) is 1.86. The molecule has 0 amide bonds. The Morgan fingerprint density at radius 1 is 1.04 bits per heavy atom. The van der Waals surface area contributed by atoms with E-state index in [2.05, 4.69) is 31.2 Å². The number of benzene rings is 1. The highest BCUT2D eigenvalue weighted by molar-refractivity contribution is 5.27. The van der Waals surface area contributed by atoms with Crippen LogP contribution in [0, 0.1) is 10.1 Å². The summed E-state index contributed by atoms with van der Waals surface area (Å²) in [6.45, 7) is 10.0. The van der Waals surface area contributed by atoms with Crippen LogP contribution in [-0.4, -0.2) is 37.7 Å². The lowest BCUT2D eigenvalue weighted by Gasteiger charge is -2.34. The van der Waals surface area contributed by atoms with E-state index in [1.807, 2.05) is 56.9 Å². The van der Waals surface area contributed by atoms with E-state index in [0.717, 1.165) is 28.2 Å². The van der Waals surface area contributed by atoms with Gasteiger partial charge in [0.05, 0.1) is 0 Å². The zero-order chi connectivity index (χ0) is 20.0. The highest BCUT2D eigenvalue weighted by atomic mass is 16.5. The SMILES string of the molecule is CCCc1ccc(CN2C=CN(C)/C2=C2\N([O-])C(C)(C)C(C)(C)[N+]2=O)cc1. The summed E-state index contributed by atoms with van der Waals surface area (Å²) in [4.78, 5) is 16.8. The lowest BCUT2D eigenvalue weighted by Crippen LogP contribution is -2.50. The average Bonchev–Trinajstić information content (AvgIpc) is 3.01. The minimum absolute atomic E-state index is 0.167. The molecule has 1 aromatic carbocycles. The maximum atomic E-state index is 13.0. The molecule has 0 unspecified atom stereocenters. The standard InChI is InChI=1S/C21H30N4O2/c1-7-8-16-9-11-17(12-10-16)15-23-14-13-22(6)18(23)19-24(26)20(2,3)21(4,5)25(19)27/h9-14H,7-8,15H2,1-6H3. The first kappa shape index (κ1) is 19.4. The second kappa shape index (κ2) is 6.68. The topological polar surface area (TPSA) is 52.9 Å². The first-order chi connectivity index (χ1) is 12.6. The second-order valence-corrected chi connectivity index (χ2v) is 8.46. The summed E-state index contributed by atoms with van der Waals surface area (Å²) in [6, 6.07) is 8.53. The van der Waals surface area contributed by atoms with E-state index < -0.39 is 11.1 Å². The highest BCUT2D eigenvalue weighted by Crippen LogP contribution is 2.44. The fraction of sp³-hybridized carbons (Fsp3) is 0.524. The molecular formula is C21H30N4O2. The van der Waals surface area contributed by atoms with Gasteiger partial charge in [-0.25, -0.2) is 0 Å². The molecule has 2 aliphatic rings. The summed E-state index contributed by atoms with van der Waals surface area (Å²) >= 11 is 0. The largest absolute Gasteiger partial charge is 0.654 e. The molecular weight excluding hydrogens is 340 g/mol. The molecule has 3 rings (SSSR count). The Morgan fingerprint density at radius 2 is 1.63 bits per heavy atom. The summed E-state index contributed by atoms with van der Waals surface area (Å²) < 4.78 is 0.871. The van der Waals surface area contributed by atoms with Crippen LogP contribution in [0.3, 0.4) is 0 Å². The van der Waals surface area contributed by atoms with Gasteiger partial charge in [-0.2, -0.15) is 0 Å². The Labute approximate surface area is 161 Å². The van der Waals surface area contributed by atoms with Gasteiger partial charge in [-0.05, 0) is 50.0 Å². The number of hydrogen-bond donors (Lipinski definition) is 0. The van der Waals surface area contributed by atoms with Crippen molar-refractivity contribution in [1.82, 2.24) is 14.9 Å². The van der Waals surface area contributed by atoms with Crippen molar-refractivity contribution >= 4 is 0 Å². The van der Waals surface area contributed by atoms with Gasteiger partial charge in [0.1, 0.15) is 5.54 Å². The molecule has 0 atom stereocenters. The fourth-order valence-corrected chi connectivity index (χ4v) is 3.53. The molecule has 0 spiro atoms. The van der Waals surface area contributed by atoms with Gasteiger partial charge >= 0.3 is 5.82 Å². The van der Waals surface area contributed by atoms with Gasteiger partial charge in [0.25, 0.3) is 0 Å². The first-order valence-corrected chi connectivity index (χ1v) is 9.56. The Bertz CT molecular complexity index is 793. The Kier molecular flexibility index (Phi) is 4.80. The predicted octanol–water partition coefficient (Wildman–Crippen LogP) is 4.13. The van der Waals surface area contributed by atoms with E-state index in [-0.39, 0.29) is 5.82 Å². The quantitative estimate of drug-likeness (QED) is 0.746. The number of aryl methyl sites for hydroxylation is 1. The molecule has 0 saturated carbocycles. The predicted molar refractivity (Wildman–Crippen MR) is 107 cm³/mol. The van der Waals surface area contributed by atoms with E-state index in [0.29, 0.717) is 12.4 Å². The molecule has 0 radical (unpaired) electrons. The van der Waals surface area contributed by atoms with Gasteiger partial charge in [0.2, 0.25) is 5.82 Å². The number of nitrogens with zero attached hydrogens (tertiary/aromatic N) is 4. The van der Waals surface area contributed by atoms with Gasteiger partial charge in [0.15, 0.2) is 5.54 Å². The van der Waals surface area contributed by atoms with Crippen LogP contribution in [0.2, 0.25) is 0 Å². The highest BCUT2D eigenvalue weighted by Gasteiger charge is 2.62. The van der Waals surface area contributed by atoms with Gasteiger partial charge in [0, 0.05) is 26.0 Å². The summed E-state index contributed by atoms with van der Waals surface area (Å²) in [6.07, 6.45) is 6.00. The molecule has 1 saturated heterocycles. The maximum absolute atomic E-state index is 13.0. The van der Waals surface area contributed by atoms with Crippen LogP contribution >= 0.6 is 0 Å². The zero-order valence-corrected chi connectivity index (χ0v) is 17.2. The van der Waals surface area contributed by atoms with Crippen LogP contribution < -0.4 is 0 Å². The number of hydroxylamine groups is 2. The minimum atomic E-state index is -0.825. The Hall–Kier alpha value is -2.34. The number of rotatable bonds is 4. The molecule has 27 heavy (non-hydrogen) atoms. The molecule has 1 aromatic rings. The molecule has 2 heterocycles. The van der Waals surface area contributed by atoms with E-state index in [1.54, 1.807) is 0 Å². The third kappa shape index (κ3) is 3.02. The van der Waals surface area contributed by atoms with Crippen molar-refractivity contribution in [2.75, 3.05) is 7.05 Å². The molecule has 0 aliphatic carbocycles. The van der Waals surface area contributed by atoms with Crippen LogP contribution in [0.4, 0.5) is 0 Å². The number of hydrogen-bond acceptors (Lipinski definition) is 5. The van der Waals surface area contributed by atoms with Crippen molar-refractivity contribution in [3.8, 4) is 0 Å². The van der Waals surface area contributed by atoms with Gasteiger partial charge < -0.3 is 15.0 Å². The molecule has 0 bridgehead atoms. The smallest absolute Gasteiger partial charge is 0.354 e. The third-order valence-electron chi connectivity index (χ3n) is 6.09. The fourth-order valence-electron chi connectivity index (χ4n) is 3.53. The normalized spacial score (nSPS) is 23.7. The van der Waals surface area contributed by atoms with Crippen molar-refractivity contribution in [3.63, 3.8) is 0 Å². The van der Waals surface area contributed by atoms with Crippen molar-refractivity contribution in [2.45, 2.75) is 65.1 Å². The summed E-state index contributed by atoms with van der Waals surface area (Å²) in [5.41, 5.74) is 0.811. The van der Waals surface area contributed by atoms with Crippen molar-refractivity contribution in [2.24, 2.45) is 0 Å². The minimum Gasteiger partial charge on any atom is -0.654 e. The van der Waals surface area contributed by atoms with Crippen molar-refractivity contribution in [3.05, 3.63) is 69.5 Å². The van der Waals surface area contributed by atoms with Crippen LogP contribution in [0.25, 0.3) is 0 Å². The van der Waals surface area contributed by atoms with E-state index in [4.69, 9.17) is 0 Å². The average molecular weight is 370 g/mol. The second-order valence-electron chi connectivity index (χ2n) is 8.46. The lowest BCUT2D eigenvalue weighted by atomic mass is 9.84. The third-order valence-corrected chi connectivity index (χ3v) is 6.09. The summed E-state index contributed by atoms with van der Waals surface area (Å²) in [5, 5.41) is 13.9. The van der Waals surface area contributed by atoms with Crippen molar-refractivity contribution in [1.29, 1.82) is 0 Å². The van der Waals surface area contributed by atoms with Gasteiger partial charge in [-0.1, -0.05) is 42.5 Å². The van der Waals surface area contributed by atoms with E-state index >= 15 is 0 Å². The Morgan fingerprint density at radius 3 is 2.15 bits per heavy atom. The lowest BCUT2D eigenvalue weighted by molar-refractivity contribution is -0.567. The first-order valence-electron chi connectivity index (χ1n) is 9.56. The zero-order valence-electron chi connectivity index (χ0n) is 17.2. The maximum Gasteiger partial charge on any atom is 0.354 e. The monoisotopic (exact) mass is 370 g/mol. The molecule has 2 aliphatic heterocycles. The van der Waals surface area contributed by atoms with Crippen LogP contribution in [0.1, 0.15) is 52.2 Å². The van der Waals surface area contributed by atoms with Crippen LogP contribution in [-0.2, 0) is 13.0 Å². The molecule has 146 valence electrons. The van der Waals surface area contributed by atoms with Crippen LogP contribution in [0.5, 0.6) is 0 Å². The molecule has 0 aromatic heterocycles. The molecule has 6 heteroatoms. The van der Waals surface area contributed by atoms with Crippen molar-refractivity contribution < 1.29 is 4.76 Å². The molecule has 0 N–H and O–H groups in total. The molecule has 6 nitrogen and oxygen atoms in total.